The van der Waals surface area contributed by atoms with Crippen LogP contribution in [0.4, 0.5) is 0 Å². The highest BCUT2D eigenvalue weighted by atomic mass is 16.5. The summed E-state index contributed by atoms with van der Waals surface area (Å²) in [5, 5.41) is 11.6. The average Bonchev–Trinajstić information content (AvgIpc) is 2.87. The lowest BCUT2D eigenvalue weighted by Crippen LogP contribution is -2.37. The maximum atomic E-state index is 11.7. The second-order valence-corrected chi connectivity index (χ2v) is 4.24. The van der Waals surface area contributed by atoms with Crippen LogP contribution >= 0.6 is 0 Å². The van der Waals surface area contributed by atoms with Crippen molar-refractivity contribution < 1.29 is 19.4 Å². The van der Waals surface area contributed by atoms with Crippen molar-refractivity contribution in [2.45, 2.75) is 18.9 Å². The molecular weight excluding hydrogens is 210 g/mol. The van der Waals surface area contributed by atoms with E-state index in [1.165, 1.54) is 0 Å². The molecule has 1 fully saturated rings. The summed E-state index contributed by atoms with van der Waals surface area (Å²) in [6.45, 7) is 1.11. The van der Waals surface area contributed by atoms with Crippen LogP contribution in [0.15, 0.2) is 12.2 Å². The Bertz CT molecular complexity index is 320. The van der Waals surface area contributed by atoms with Crippen molar-refractivity contribution in [2.24, 2.45) is 11.8 Å². The Labute approximate surface area is 93.5 Å². The van der Waals surface area contributed by atoms with E-state index in [9.17, 15) is 9.59 Å². The fourth-order valence-electron chi connectivity index (χ4n) is 2.03. The Hall–Kier alpha value is -1.36. The summed E-state index contributed by atoms with van der Waals surface area (Å²) in [6.07, 6.45) is 4.60. The van der Waals surface area contributed by atoms with Crippen molar-refractivity contribution in [3.63, 3.8) is 0 Å². The number of hydrogen-bond donors (Lipinski definition) is 2. The van der Waals surface area contributed by atoms with Gasteiger partial charge >= 0.3 is 5.97 Å². The summed E-state index contributed by atoms with van der Waals surface area (Å²) in [5.74, 6) is -1.40. The summed E-state index contributed by atoms with van der Waals surface area (Å²) >= 11 is 0. The van der Waals surface area contributed by atoms with Crippen molar-refractivity contribution in [3.05, 3.63) is 12.2 Å². The van der Waals surface area contributed by atoms with Crippen LogP contribution in [0.2, 0.25) is 0 Å². The first kappa shape index (κ1) is 11.1. The van der Waals surface area contributed by atoms with Gasteiger partial charge in [0.1, 0.15) is 0 Å². The van der Waals surface area contributed by atoms with Crippen LogP contribution in [0, 0.1) is 11.8 Å². The SMILES string of the molecule is O=C(O)C1C=CC(NC(=O)C2CCOC2)C1. The van der Waals surface area contributed by atoms with Crippen LogP contribution in [0.25, 0.3) is 0 Å². The minimum atomic E-state index is -0.836. The first-order valence-corrected chi connectivity index (χ1v) is 5.46. The van der Waals surface area contributed by atoms with E-state index in [1.807, 2.05) is 0 Å². The van der Waals surface area contributed by atoms with Gasteiger partial charge in [0, 0.05) is 12.6 Å². The molecular formula is C11H15NO4. The first-order chi connectivity index (χ1) is 7.66. The van der Waals surface area contributed by atoms with E-state index in [2.05, 4.69) is 5.32 Å². The molecule has 16 heavy (non-hydrogen) atoms. The van der Waals surface area contributed by atoms with Crippen LogP contribution < -0.4 is 5.32 Å². The molecule has 1 heterocycles. The second kappa shape index (κ2) is 4.65. The molecule has 0 aromatic heterocycles. The lowest BCUT2D eigenvalue weighted by molar-refractivity contribution is -0.140. The van der Waals surface area contributed by atoms with Gasteiger partial charge in [-0.1, -0.05) is 12.2 Å². The summed E-state index contributed by atoms with van der Waals surface area (Å²) in [4.78, 5) is 22.4. The molecule has 0 aromatic rings. The van der Waals surface area contributed by atoms with Crippen molar-refractivity contribution in [2.75, 3.05) is 13.2 Å². The van der Waals surface area contributed by atoms with Gasteiger partial charge in [0.25, 0.3) is 0 Å². The Balaban J connectivity index is 1.81. The van der Waals surface area contributed by atoms with E-state index >= 15 is 0 Å². The monoisotopic (exact) mass is 225 g/mol. The van der Waals surface area contributed by atoms with Gasteiger partial charge in [-0.3, -0.25) is 9.59 Å². The zero-order valence-corrected chi connectivity index (χ0v) is 8.89. The van der Waals surface area contributed by atoms with Crippen LogP contribution in [0.3, 0.4) is 0 Å². The third-order valence-corrected chi connectivity index (χ3v) is 3.03. The molecule has 3 unspecified atom stereocenters. The molecule has 1 aliphatic carbocycles. The van der Waals surface area contributed by atoms with Gasteiger partial charge in [0.15, 0.2) is 0 Å². The Morgan fingerprint density at radius 1 is 1.38 bits per heavy atom. The van der Waals surface area contributed by atoms with Crippen LogP contribution in [-0.4, -0.2) is 36.2 Å². The molecule has 5 nitrogen and oxygen atoms in total. The molecule has 2 N–H and O–H groups in total. The molecule has 5 heteroatoms. The third kappa shape index (κ3) is 2.41. The number of ether oxygens (including phenoxy) is 1. The fraction of sp³-hybridized carbons (Fsp3) is 0.636. The van der Waals surface area contributed by atoms with Crippen LogP contribution in [0.1, 0.15) is 12.8 Å². The highest BCUT2D eigenvalue weighted by Crippen LogP contribution is 2.19. The molecule has 1 saturated heterocycles. The van der Waals surface area contributed by atoms with Gasteiger partial charge in [-0.05, 0) is 12.8 Å². The maximum absolute atomic E-state index is 11.7. The fourth-order valence-corrected chi connectivity index (χ4v) is 2.03. The highest BCUT2D eigenvalue weighted by Gasteiger charge is 2.29. The van der Waals surface area contributed by atoms with Crippen LogP contribution in [0.5, 0.6) is 0 Å². The van der Waals surface area contributed by atoms with Gasteiger partial charge in [-0.2, -0.15) is 0 Å². The molecule has 0 aromatic carbocycles. The standard InChI is InChI=1S/C11H15NO4/c13-10(8-3-4-16-6-8)12-9-2-1-7(5-9)11(14)15/h1-2,7-9H,3-6H2,(H,12,13)(H,14,15). The maximum Gasteiger partial charge on any atom is 0.310 e. The zero-order valence-electron chi connectivity index (χ0n) is 8.89. The predicted octanol–water partition coefficient (Wildman–Crippen LogP) is 0.168. The number of rotatable bonds is 3. The average molecular weight is 225 g/mol. The number of aliphatic carboxylic acids is 1. The zero-order chi connectivity index (χ0) is 11.5. The van der Waals surface area contributed by atoms with Crippen molar-refractivity contribution >= 4 is 11.9 Å². The summed E-state index contributed by atoms with van der Waals surface area (Å²) < 4.78 is 5.13. The van der Waals surface area contributed by atoms with Gasteiger partial charge in [-0.15, -0.1) is 0 Å². The Morgan fingerprint density at radius 3 is 2.75 bits per heavy atom. The molecule has 2 rings (SSSR count). The van der Waals surface area contributed by atoms with E-state index < -0.39 is 11.9 Å². The summed E-state index contributed by atoms with van der Waals surface area (Å²) in [5.41, 5.74) is 0. The quantitative estimate of drug-likeness (QED) is 0.671. The van der Waals surface area contributed by atoms with E-state index in [4.69, 9.17) is 9.84 Å². The number of amides is 1. The van der Waals surface area contributed by atoms with Crippen molar-refractivity contribution in [1.82, 2.24) is 5.32 Å². The lowest BCUT2D eigenvalue weighted by Gasteiger charge is -2.14. The number of carbonyl (C=O) groups is 2. The largest absolute Gasteiger partial charge is 0.481 e. The molecule has 1 aliphatic heterocycles. The minimum Gasteiger partial charge on any atom is -0.481 e. The molecule has 88 valence electrons. The lowest BCUT2D eigenvalue weighted by atomic mass is 10.1. The second-order valence-electron chi connectivity index (χ2n) is 4.24. The highest BCUT2D eigenvalue weighted by molar-refractivity contribution is 5.80. The molecule has 0 saturated carbocycles. The Kier molecular flexibility index (Phi) is 3.24. The Morgan fingerprint density at radius 2 is 2.19 bits per heavy atom. The van der Waals surface area contributed by atoms with E-state index in [0.29, 0.717) is 19.6 Å². The van der Waals surface area contributed by atoms with Gasteiger partial charge in [0.05, 0.1) is 18.4 Å². The first-order valence-electron chi connectivity index (χ1n) is 5.46. The molecule has 0 bridgehead atoms. The topological polar surface area (TPSA) is 75.6 Å². The molecule has 0 radical (unpaired) electrons. The van der Waals surface area contributed by atoms with Gasteiger partial charge < -0.3 is 15.2 Å². The number of hydrogen-bond acceptors (Lipinski definition) is 3. The number of carboxylic acids is 1. The summed E-state index contributed by atoms with van der Waals surface area (Å²) in [6, 6.07) is -0.144. The van der Waals surface area contributed by atoms with E-state index in [0.717, 1.165) is 6.42 Å². The minimum absolute atomic E-state index is 0.0295. The molecule has 0 spiro atoms. The normalized spacial score (nSPS) is 32.9. The van der Waals surface area contributed by atoms with E-state index in [-0.39, 0.29) is 17.9 Å². The van der Waals surface area contributed by atoms with Gasteiger partial charge in [-0.25, -0.2) is 0 Å². The number of carboxylic acid groups (broad SMARTS) is 1. The van der Waals surface area contributed by atoms with Crippen LogP contribution in [-0.2, 0) is 14.3 Å². The molecule has 3 atom stereocenters. The molecule has 1 amide bonds. The van der Waals surface area contributed by atoms with Crippen molar-refractivity contribution in [1.29, 1.82) is 0 Å². The predicted molar refractivity (Wildman–Crippen MR) is 55.7 cm³/mol. The summed E-state index contributed by atoms with van der Waals surface area (Å²) in [7, 11) is 0. The van der Waals surface area contributed by atoms with Gasteiger partial charge in [0.2, 0.25) is 5.91 Å². The van der Waals surface area contributed by atoms with Crippen molar-refractivity contribution in [3.8, 4) is 0 Å². The molecule has 2 aliphatic rings. The smallest absolute Gasteiger partial charge is 0.310 e. The number of carbonyl (C=O) groups excluding carboxylic acids is 1. The number of nitrogens with one attached hydrogen (secondary N) is 1. The van der Waals surface area contributed by atoms with E-state index in [1.54, 1.807) is 12.2 Å². The third-order valence-electron chi connectivity index (χ3n) is 3.03.